The van der Waals surface area contributed by atoms with Gasteiger partial charge in [-0.2, -0.15) is 0 Å². The van der Waals surface area contributed by atoms with Crippen molar-refractivity contribution in [1.82, 2.24) is 5.32 Å². The highest BCUT2D eigenvalue weighted by atomic mass is 16.5. The number of hydrogen-bond donors (Lipinski definition) is 1. The molecule has 28 heavy (non-hydrogen) atoms. The van der Waals surface area contributed by atoms with Gasteiger partial charge in [-0.3, -0.25) is 4.79 Å². The second-order valence-corrected chi connectivity index (χ2v) is 7.49. The van der Waals surface area contributed by atoms with Crippen LogP contribution in [0.5, 0.6) is 11.5 Å². The number of benzene rings is 2. The summed E-state index contributed by atoms with van der Waals surface area (Å²) in [6.45, 7) is 10.7. The summed E-state index contributed by atoms with van der Waals surface area (Å²) in [5.41, 5.74) is 3.45. The Kier molecular flexibility index (Phi) is 8.37. The molecule has 1 atom stereocenters. The average Bonchev–Trinajstić information content (AvgIpc) is 2.64. The number of amides is 1. The first-order chi connectivity index (χ1) is 13.4. The van der Waals surface area contributed by atoms with E-state index >= 15 is 0 Å². The molecule has 4 heteroatoms. The summed E-state index contributed by atoms with van der Waals surface area (Å²) in [6.07, 6.45) is 2.09. The molecule has 1 unspecified atom stereocenters. The van der Waals surface area contributed by atoms with Gasteiger partial charge in [0.2, 0.25) is 0 Å². The van der Waals surface area contributed by atoms with Gasteiger partial charge in [-0.15, -0.1) is 0 Å². The fraction of sp³-hybridized carbons (Fsp3) is 0.458. The lowest BCUT2D eigenvalue weighted by Gasteiger charge is -2.19. The number of hydrogen-bond acceptors (Lipinski definition) is 3. The molecule has 0 radical (unpaired) electrons. The minimum Gasteiger partial charge on any atom is -0.491 e. The molecule has 2 rings (SSSR count). The molecule has 2 aromatic rings. The molecule has 0 aliphatic carbocycles. The summed E-state index contributed by atoms with van der Waals surface area (Å²) < 4.78 is 11.7. The fourth-order valence-corrected chi connectivity index (χ4v) is 3.07. The third-order valence-electron chi connectivity index (χ3n) is 4.47. The van der Waals surface area contributed by atoms with Crippen molar-refractivity contribution in [1.29, 1.82) is 0 Å². The molecule has 4 nitrogen and oxygen atoms in total. The lowest BCUT2D eigenvalue weighted by Crippen LogP contribution is -2.38. The Morgan fingerprint density at radius 1 is 1.07 bits per heavy atom. The first kappa shape index (κ1) is 21.8. The minimum absolute atomic E-state index is 0.0561. The van der Waals surface area contributed by atoms with Crippen molar-refractivity contribution in [3.05, 3.63) is 59.2 Å². The predicted octanol–water partition coefficient (Wildman–Crippen LogP) is 5.00. The molecule has 0 saturated heterocycles. The fourth-order valence-electron chi connectivity index (χ4n) is 3.07. The Labute approximate surface area is 169 Å². The monoisotopic (exact) mass is 383 g/mol. The molecule has 0 spiro atoms. The van der Waals surface area contributed by atoms with Crippen LogP contribution in [0.2, 0.25) is 0 Å². The van der Waals surface area contributed by atoms with E-state index in [1.54, 1.807) is 0 Å². The van der Waals surface area contributed by atoms with Crippen molar-refractivity contribution in [3.63, 3.8) is 0 Å². The molecule has 0 saturated carbocycles. The Balaban J connectivity index is 1.80. The SMILES string of the molecule is CCC(Oc1ccc(C)cc1C)C(=O)NCCCc1cccc(OC(C)C)c1. The van der Waals surface area contributed by atoms with Crippen LogP contribution in [0.15, 0.2) is 42.5 Å². The maximum Gasteiger partial charge on any atom is 0.261 e. The predicted molar refractivity (Wildman–Crippen MR) is 114 cm³/mol. The van der Waals surface area contributed by atoms with E-state index in [1.807, 2.05) is 58.9 Å². The quantitative estimate of drug-likeness (QED) is 0.588. The molecule has 0 aliphatic heterocycles. The second-order valence-electron chi connectivity index (χ2n) is 7.49. The summed E-state index contributed by atoms with van der Waals surface area (Å²) in [7, 11) is 0. The molecule has 1 amide bonds. The summed E-state index contributed by atoms with van der Waals surface area (Å²) in [5.74, 6) is 1.61. The lowest BCUT2D eigenvalue weighted by molar-refractivity contribution is -0.128. The normalized spacial score (nSPS) is 11.9. The van der Waals surface area contributed by atoms with Crippen LogP contribution >= 0.6 is 0 Å². The van der Waals surface area contributed by atoms with Gasteiger partial charge in [-0.1, -0.05) is 36.8 Å². The van der Waals surface area contributed by atoms with Gasteiger partial charge in [0.05, 0.1) is 6.10 Å². The second kappa shape index (κ2) is 10.7. The van der Waals surface area contributed by atoms with E-state index in [0.29, 0.717) is 13.0 Å². The number of aryl methyl sites for hydroxylation is 3. The van der Waals surface area contributed by atoms with Crippen LogP contribution in [0.25, 0.3) is 0 Å². The van der Waals surface area contributed by atoms with E-state index < -0.39 is 6.10 Å². The molecule has 2 aromatic carbocycles. The van der Waals surface area contributed by atoms with E-state index in [2.05, 4.69) is 23.5 Å². The number of nitrogens with one attached hydrogen (secondary N) is 1. The van der Waals surface area contributed by atoms with E-state index in [9.17, 15) is 4.79 Å². The Morgan fingerprint density at radius 2 is 1.86 bits per heavy atom. The van der Waals surface area contributed by atoms with Crippen molar-refractivity contribution < 1.29 is 14.3 Å². The molecular formula is C24H33NO3. The van der Waals surface area contributed by atoms with E-state index in [0.717, 1.165) is 29.9 Å². The van der Waals surface area contributed by atoms with Gasteiger partial charge in [-0.05, 0) is 76.3 Å². The molecule has 0 bridgehead atoms. The lowest BCUT2D eigenvalue weighted by atomic mass is 10.1. The zero-order valence-corrected chi connectivity index (χ0v) is 17.7. The Hall–Kier alpha value is -2.49. The van der Waals surface area contributed by atoms with Crippen LogP contribution in [0.4, 0.5) is 0 Å². The summed E-state index contributed by atoms with van der Waals surface area (Å²) in [6, 6.07) is 14.2. The third-order valence-corrected chi connectivity index (χ3v) is 4.47. The first-order valence-corrected chi connectivity index (χ1v) is 10.2. The van der Waals surface area contributed by atoms with Crippen molar-refractivity contribution in [3.8, 4) is 11.5 Å². The molecule has 0 aromatic heterocycles. The highest BCUT2D eigenvalue weighted by molar-refractivity contribution is 5.81. The molecule has 1 N–H and O–H groups in total. The Morgan fingerprint density at radius 3 is 2.54 bits per heavy atom. The van der Waals surface area contributed by atoms with Crippen molar-refractivity contribution in [2.24, 2.45) is 0 Å². The zero-order valence-electron chi connectivity index (χ0n) is 17.7. The molecule has 152 valence electrons. The number of ether oxygens (including phenoxy) is 2. The molecule has 0 fully saturated rings. The van der Waals surface area contributed by atoms with Gasteiger partial charge in [0, 0.05) is 6.54 Å². The van der Waals surface area contributed by atoms with Crippen molar-refractivity contribution in [2.45, 2.75) is 66.1 Å². The molecule has 0 heterocycles. The van der Waals surface area contributed by atoms with E-state index in [1.165, 1.54) is 11.1 Å². The standard InChI is InChI=1S/C24H33NO3/c1-6-22(28-23-13-12-18(4)15-19(23)5)24(26)25-14-8-10-20-9-7-11-21(16-20)27-17(2)3/h7,9,11-13,15-17,22H,6,8,10,14H2,1-5H3,(H,25,26). The highest BCUT2D eigenvalue weighted by Crippen LogP contribution is 2.21. The summed E-state index contributed by atoms with van der Waals surface area (Å²) in [5, 5.41) is 3.01. The largest absolute Gasteiger partial charge is 0.491 e. The van der Waals surface area contributed by atoms with E-state index in [4.69, 9.17) is 9.47 Å². The van der Waals surface area contributed by atoms with Gasteiger partial charge in [0.1, 0.15) is 11.5 Å². The third kappa shape index (κ3) is 6.91. The highest BCUT2D eigenvalue weighted by Gasteiger charge is 2.18. The summed E-state index contributed by atoms with van der Waals surface area (Å²) in [4.78, 5) is 12.5. The van der Waals surface area contributed by atoms with Gasteiger partial charge < -0.3 is 14.8 Å². The number of carbonyl (C=O) groups is 1. The van der Waals surface area contributed by atoms with Crippen LogP contribution in [-0.4, -0.2) is 24.7 Å². The van der Waals surface area contributed by atoms with Crippen molar-refractivity contribution >= 4 is 5.91 Å². The smallest absolute Gasteiger partial charge is 0.261 e. The number of rotatable bonds is 10. The van der Waals surface area contributed by atoms with Gasteiger partial charge in [0.25, 0.3) is 5.91 Å². The maximum absolute atomic E-state index is 12.5. The minimum atomic E-state index is -0.468. The van der Waals surface area contributed by atoms with Crippen LogP contribution < -0.4 is 14.8 Å². The summed E-state index contributed by atoms with van der Waals surface area (Å²) >= 11 is 0. The zero-order chi connectivity index (χ0) is 20.5. The topological polar surface area (TPSA) is 47.6 Å². The van der Waals surface area contributed by atoms with Crippen LogP contribution in [-0.2, 0) is 11.2 Å². The van der Waals surface area contributed by atoms with Gasteiger partial charge in [-0.25, -0.2) is 0 Å². The maximum atomic E-state index is 12.5. The molecule has 0 aliphatic rings. The average molecular weight is 384 g/mol. The number of carbonyl (C=O) groups excluding carboxylic acids is 1. The Bertz CT molecular complexity index is 770. The van der Waals surface area contributed by atoms with Gasteiger partial charge in [0.15, 0.2) is 6.10 Å². The van der Waals surface area contributed by atoms with Crippen LogP contribution in [0, 0.1) is 13.8 Å². The van der Waals surface area contributed by atoms with Crippen LogP contribution in [0.3, 0.4) is 0 Å². The molecular weight excluding hydrogens is 350 g/mol. The van der Waals surface area contributed by atoms with Crippen LogP contribution in [0.1, 0.15) is 50.3 Å². The van der Waals surface area contributed by atoms with Gasteiger partial charge >= 0.3 is 0 Å². The first-order valence-electron chi connectivity index (χ1n) is 10.2. The van der Waals surface area contributed by atoms with Crippen molar-refractivity contribution in [2.75, 3.05) is 6.54 Å². The van der Waals surface area contributed by atoms with E-state index in [-0.39, 0.29) is 12.0 Å².